The molecular weight excluding hydrogens is 342 g/mol. The van der Waals surface area contributed by atoms with E-state index in [0.717, 1.165) is 17.5 Å². The van der Waals surface area contributed by atoms with Crippen LogP contribution in [0.25, 0.3) is 0 Å². The summed E-state index contributed by atoms with van der Waals surface area (Å²) in [7, 11) is 0. The second kappa shape index (κ2) is 9.94. The average molecular weight is 369 g/mol. The molecule has 2 N–H and O–H groups in total. The largest absolute Gasteiger partial charge is 0.481 e. The minimum Gasteiger partial charge on any atom is -0.481 e. The fraction of sp³-hybridized carbons (Fsp3) is 0.455. The van der Waals surface area contributed by atoms with E-state index in [1.54, 1.807) is 25.1 Å². The highest BCUT2D eigenvalue weighted by molar-refractivity contribution is 5.79. The van der Waals surface area contributed by atoms with Gasteiger partial charge in [0.15, 0.2) is 0 Å². The lowest BCUT2D eigenvalue weighted by molar-refractivity contribution is -0.136. The molecule has 5 heteroatoms. The van der Waals surface area contributed by atoms with Crippen molar-refractivity contribution in [1.29, 1.82) is 0 Å². The summed E-state index contributed by atoms with van der Waals surface area (Å²) in [6.07, 6.45) is 4.98. The number of carboxylic acid groups (broad SMARTS) is 1. The fourth-order valence-electron chi connectivity index (χ4n) is 3.11. The van der Waals surface area contributed by atoms with Crippen molar-refractivity contribution >= 4 is 11.9 Å². The van der Waals surface area contributed by atoms with Crippen LogP contribution in [0.3, 0.4) is 0 Å². The Bertz CT molecular complexity index is 742. The van der Waals surface area contributed by atoms with Gasteiger partial charge in [-0.15, -0.1) is 11.8 Å². The highest BCUT2D eigenvalue weighted by Crippen LogP contribution is 2.23. The Morgan fingerprint density at radius 1 is 1.33 bits per heavy atom. The molecule has 1 heterocycles. The summed E-state index contributed by atoms with van der Waals surface area (Å²) in [5, 5.41) is 19.1. The Balaban J connectivity index is 1.99. The first-order chi connectivity index (χ1) is 12.9. The summed E-state index contributed by atoms with van der Waals surface area (Å²) in [6, 6.07) is 7.27. The number of carbonyl (C=O) groups excluding carboxylic acids is 1. The van der Waals surface area contributed by atoms with Crippen molar-refractivity contribution in [2.75, 3.05) is 0 Å². The van der Waals surface area contributed by atoms with E-state index in [9.17, 15) is 14.7 Å². The summed E-state index contributed by atoms with van der Waals surface area (Å²) < 4.78 is 0. The van der Waals surface area contributed by atoms with Gasteiger partial charge in [0, 0.05) is 19.4 Å². The van der Waals surface area contributed by atoms with Crippen LogP contribution in [-0.4, -0.2) is 39.1 Å². The molecule has 0 aromatic heterocycles. The quantitative estimate of drug-likeness (QED) is 0.546. The molecule has 3 unspecified atom stereocenters. The van der Waals surface area contributed by atoms with E-state index in [0.29, 0.717) is 19.4 Å². The summed E-state index contributed by atoms with van der Waals surface area (Å²) in [5.74, 6) is 5.09. The molecule has 0 bridgehead atoms. The molecule has 27 heavy (non-hydrogen) atoms. The molecule has 2 rings (SSSR count). The van der Waals surface area contributed by atoms with E-state index >= 15 is 0 Å². The number of hydrogen-bond donors (Lipinski definition) is 2. The highest BCUT2D eigenvalue weighted by atomic mass is 16.4. The zero-order chi connectivity index (χ0) is 19.8. The van der Waals surface area contributed by atoms with Crippen LogP contribution >= 0.6 is 0 Å². The van der Waals surface area contributed by atoms with E-state index in [1.165, 1.54) is 0 Å². The first kappa shape index (κ1) is 20.7. The molecule has 1 aliphatic heterocycles. The summed E-state index contributed by atoms with van der Waals surface area (Å²) in [4.78, 5) is 24.8. The topological polar surface area (TPSA) is 77.8 Å². The second-order valence-corrected chi connectivity index (χ2v) is 7.00. The third-order valence-electron chi connectivity index (χ3n) is 4.82. The lowest BCUT2D eigenvalue weighted by atomic mass is 10.00. The molecule has 144 valence electrons. The van der Waals surface area contributed by atoms with Crippen molar-refractivity contribution < 1.29 is 19.8 Å². The molecule has 5 nitrogen and oxygen atoms in total. The SMILES string of the molecule is CC#CCC(C)C(O)/C=C/C1CCC(=O)N1Cc1ccc(CC(=O)O)cc1. The molecule has 0 radical (unpaired) electrons. The van der Waals surface area contributed by atoms with Gasteiger partial charge in [-0.3, -0.25) is 9.59 Å². The van der Waals surface area contributed by atoms with Crippen LogP contribution in [0.5, 0.6) is 0 Å². The van der Waals surface area contributed by atoms with Crippen LogP contribution in [0.1, 0.15) is 44.2 Å². The van der Waals surface area contributed by atoms with Crippen molar-refractivity contribution in [3.8, 4) is 11.8 Å². The number of aliphatic hydroxyl groups excluding tert-OH is 1. The zero-order valence-corrected chi connectivity index (χ0v) is 15.9. The van der Waals surface area contributed by atoms with Gasteiger partial charge < -0.3 is 15.1 Å². The van der Waals surface area contributed by atoms with Crippen molar-refractivity contribution in [3.05, 3.63) is 47.5 Å². The number of carboxylic acids is 1. The van der Waals surface area contributed by atoms with Crippen LogP contribution in [0, 0.1) is 17.8 Å². The molecule has 0 spiro atoms. The predicted molar refractivity (Wildman–Crippen MR) is 104 cm³/mol. The fourth-order valence-corrected chi connectivity index (χ4v) is 3.11. The Morgan fingerprint density at radius 3 is 2.63 bits per heavy atom. The molecule has 3 atom stereocenters. The Labute approximate surface area is 160 Å². The van der Waals surface area contributed by atoms with Crippen molar-refractivity contribution in [1.82, 2.24) is 4.90 Å². The number of nitrogens with zero attached hydrogens (tertiary/aromatic N) is 1. The van der Waals surface area contributed by atoms with E-state index < -0.39 is 12.1 Å². The van der Waals surface area contributed by atoms with Crippen LogP contribution in [0.4, 0.5) is 0 Å². The summed E-state index contributed by atoms with van der Waals surface area (Å²) in [5.41, 5.74) is 1.70. The predicted octanol–water partition coefficient (Wildman–Crippen LogP) is 2.77. The summed E-state index contributed by atoms with van der Waals surface area (Å²) >= 11 is 0. The number of aliphatic hydroxyl groups is 1. The van der Waals surface area contributed by atoms with Crippen molar-refractivity contribution in [3.63, 3.8) is 0 Å². The molecule has 1 aliphatic rings. The van der Waals surface area contributed by atoms with E-state index in [1.807, 2.05) is 30.0 Å². The van der Waals surface area contributed by atoms with Gasteiger partial charge in [0.2, 0.25) is 5.91 Å². The molecule has 1 aromatic carbocycles. The molecular formula is C22H27NO4. The molecule has 1 saturated heterocycles. The monoisotopic (exact) mass is 369 g/mol. The van der Waals surface area contributed by atoms with Crippen molar-refractivity contribution in [2.45, 2.75) is 58.2 Å². The van der Waals surface area contributed by atoms with Gasteiger partial charge in [0.05, 0.1) is 18.6 Å². The van der Waals surface area contributed by atoms with Crippen LogP contribution in [0.15, 0.2) is 36.4 Å². The van der Waals surface area contributed by atoms with Crippen molar-refractivity contribution in [2.24, 2.45) is 5.92 Å². The summed E-state index contributed by atoms with van der Waals surface area (Å²) in [6.45, 7) is 4.22. The van der Waals surface area contributed by atoms with E-state index in [4.69, 9.17) is 5.11 Å². The highest BCUT2D eigenvalue weighted by Gasteiger charge is 2.29. The van der Waals surface area contributed by atoms with Crippen LogP contribution in [0.2, 0.25) is 0 Å². The number of aliphatic carboxylic acids is 1. The van der Waals surface area contributed by atoms with E-state index in [2.05, 4.69) is 11.8 Å². The normalized spacial score (nSPS) is 19.0. The van der Waals surface area contributed by atoms with Gasteiger partial charge in [0.1, 0.15) is 0 Å². The van der Waals surface area contributed by atoms with Crippen LogP contribution < -0.4 is 0 Å². The maximum atomic E-state index is 12.3. The first-order valence-corrected chi connectivity index (χ1v) is 9.25. The lowest BCUT2D eigenvalue weighted by Gasteiger charge is -2.23. The average Bonchev–Trinajstić information content (AvgIpc) is 2.98. The maximum Gasteiger partial charge on any atom is 0.307 e. The number of likely N-dealkylation sites (tertiary alicyclic amines) is 1. The number of hydrogen-bond acceptors (Lipinski definition) is 3. The zero-order valence-electron chi connectivity index (χ0n) is 15.9. The first-order valence-electron chi connectivity index (χ1n) is 9.25. The van der Waals surface area contributed by atoms with Crippen LogP contribution in [-0.2, 0) is 22.6 Å². The molecule has 1 amide bonds. The van der Waals surface area contributed by atoms with Gasteiger partial charge in [0.25, 0.3) is 0 Å². The van der Waals surface area contributed by atoms with Gasteiger partial charge in [-0.1, -0.05) is 43.3 Å². The Morgan fingerprint density at radius 2 is 2.00 bits per heavy atom. The van der Waals surface area contributed by atoms with Gasteiger partial charge in [-0.05, 0) is 30.4 Å². The smallest absolute Gasteiger partial charge is 0.307 e. The number of amides is 1. The van der Waals surface area contributed by atoms with Gasteiger partial charge in [-0.25, -0.2) is 0 Å². The maximum absolute atomic E-state index is 12.3. The Hall–Kier alpha value is -2.58. The molecule has 1 fully saturated rings. The van der Waals surface area contributed by atoms with Gasteiger partial charge in [-0.2, -0.15) is 0 Å². The third-order valence-corrected chi connectivity index (χ3v) is 4.82. The minimum absolute atomic E-state index is 0.00717. The Kier molecular flexibility index (Phi) is 7.63. The second-order valence-electron chi connectivity index (χ2n) is 7.00. The molecule has 1 aromatic rings. The number of carbonyl (C=O) groups is 2. The lowest BCUT2D eigenvalue weighted by Crippen LogP contribution is -2.31. The standard InChI is InChI=1S/C22H27NO4/c1-3-4-5-16(2)20(24)12-10-19-11-13-21(25)23(19)15-18-8-6-17(7-9-18)14-22(26)27/h6-10,12,16,19-20,24H,5,11,13-15H2,1-2H3,(H,26,27)/b12-10+. The third kappa shape index (κ3) is 6.26. The molecule has 0 aliphatic carbocycles. The number of rotatable bonds is 8. The van der Waals surface area contributed by atoms with E-state index in [-0.39, 0.29) is 24.3 Å². The van der Waals surface area contributed by atoms with Gasteiger partial charge >= 0.3 is 5.97 Å². The number of benzene rings is 1. The minimum atomic E-state index is -0.861. The molecule has 0 saturated carbocycles.